The molecule has 0 spiro atoms. The molecule has 0 aliphatic rings. The average molecular weight is 266 g/mol. The van der Waals surface area contributed by atoms with Crippen molar-refractivity contribution in [3.63, 3.8) is 0 Å². The van der Waals surface area contributed by atoms with Gasteiger partial charge in [0.2, 0.25) is 5.51 Å². The van der Waals surface area contributed by atoms with Crippen LogP contribution >= 0.6 is 11.3 Å². The lowest BCUT2D eigenvalue weighted by atomic mass is 10.2. The first-order valence-corrected chi connectivity index (χ1v) is 6.60. The SMILES string of the molecule is Cc1ncc(C[n+]2csc(CC[18F])c2C)c(N)n1. The van der Waals surface area contributed by atoms with Gasteiger partial charge < -0.3 is 5.73 Å². The van der Waals surface area contributed by atoms with Gasteiger partial charge in [-0.3, -0.25) is 4.39 Å². The number of rotatable bonds is 4. The average Bonchev–Trinajstić information content (AvgIpc) is 2.66. The van der Waals surface area contributed by atoms with Gasteiger partial charge in [0, 0.05) is 19.5 Å². The molecule has 4 nitrogen and oxygen atoms in total. The largest absolute Gasteiger partial charge is 0.383 e. The number of alkyl halides is 1. The van der Waals surface area contributed by atoms with Gasteiger partial charge in [-0.05, 0) is 6.92 Å². The zero-order chi connectivity index (χ0) is 13.1. The highest BCUT2D eigenvalue weighted by Gasteiger charge is 2.17. The zero-order valence-electron chi connectivity index (χ0n) is 10.5. The van der Waals surface area contributed by atoms with Gasteiger partial charge in [0.15, 0.2) is 12.2 Å². The van der Waals surface area contributed by atoms with Crippen molar-refractivity contribution < 1.29 is 8.96 Å². The molecule has 0 amide bonds. The number of nitrogen functional groups attached to an aromatic ring is 1. The van der Waals surface area contributed by atoms with Crippen LogP contribution in [0.2, 0.25) is 0 Å². The molecule has 2 rings (SSSR count). The minimum atomic E-state index is -0.322. The van der Waals surface area contributed by atoms with Gasteiger partial charge in [0.05, 0.1) is 17.1 Å². The van der Waals surface area contributed by atoms with Crippen LogP contribution in [-0.4, -0.2) is 16.6 Å². The number of thiazole rings is 1. The first-order valence-electron chi connectivity index (χ1n) is 5.72. The molecule has 2 aromatic rings. The molecule has 18 heavy (non-hydrogen) atoms. The van der Waals surface area contributed by atoms with Crippen LogP contribution in [0.1, 0.15) is 22.0 Å². The molecule has 0 saturated carbocycles. The van der Waals surface area contributed by atoms with Crippen molar-refractivity contribution in [3.8, 4) is 0 Å². The van der Waals surface area contributed by atoms with Gasteiger partial charge in [0.25, 0.3) is 0 Å². The van der Waals surface area contributed by atoms with Crippen LogP contribution in [0.4, 0.5) is 10.2 Å². The predicted octanol–water partition coefficient (Wildman–Crippen LogP) is 1.58. The molecule has 0 bridgehead atoms. The Labute approximate surface area is 109 Å². The normalized spacial score (nSPS) is 10.8. The molecule has 0 unspecified atom stereocenters. The summed E-state index contributed by atoms with van der Waals surface area (Å²) in [4.78, 5) is 9.36. The van der Waals surface area contributed by atoms with Crippen molar-refractivity contribution in [2.45, 2.75) is 26.8 Å². The molecule has 0 aromatic carbocycles. The summed E-state index contributed by atoms with van der Waals surface area (Å²) in [5.74, 6) is 1.18. The van der Waals surface area contributed by atoms with Gasteiger partial charge in [-0.15, -0.1) is 0 Å². The third kappa shape index (κ3) is 2.64. The third-order valence-electron chi connectivity index (χ3n) is 2.84. The van der Waals surface area contributed by atoms with Crippen LogP contribution < -0.4 is 10.3 Å². The van der Waals surface area contributed by atoms with E-state index in [0.717, 1.165) is 16.1 Å². The second kappa shape index (κ2) is 5.39. The summed E-state index contributed by atoms with van der Waals surface area (Å²) in [5, 5.41) is 0. The molecule has 2 heterocycles. The second-order valence-corrected chi connectivity index (χ2v) is 5.07. The zero-order valence-corrected chi connectivity index (χ0v) is 11.3. The molecule has 0 fully saturated rings. The van der Waals surface area contributed by atoms with E-state index in [2.05, 4.69) is 14.5 Å². The van der Waals surface area contributed by atoms with E-state index in [0.29, 0.717) is 24.6 Å². The van der Waals surface area contributed by atoms with Crippen molar-refractivity contribution in [3.05, 3.63) is 33.7 Å². The van der Waals surface area contributed by atoms with E-state index in [9.17, 15) is 4.39 Å². The van der Waals surface area contributed by atoms with E-state index in [-0.39, 0.29) is 6.67 Å². The third-order valence-corrected chi connectivity index (χ3v) is 3.98. The summed E-state index contributed by atoms with van der Waals surface area (Å²) in [6.07, 6.45) is 2.22. The lowest BCUT2D eigenvalue weighted by Gasteiger charge is -2.01. The summed E-state index contributed by atoms with van der Waals surface area (Å²) in [5.41, 5.74) is 9.82. The number of halogens is 1. The smallest absolute Gasteiger partial charge is 0.225 e. The highest BCUT2D eigenvalue weighted by Crippen LogP contribution is 2.14. The van der Waals surface area contributed by atoms with Crippen LogP contribution in [0, 0.1) is 13.8 Å². The Morgan fingerprint density at radius 3 is 2.89 bits per heavy atom. The molecule has 0 saturated heterocycles. The summed E-state index contributed by atoms with van der Waals surface area (Å²) in [6, 6.07) is 0. The molecule has 0 aliphatic heterocycles. The van der Waals surface area contributed by atoms with Crippen molar-refractivity contribution in [1.29, 1.82) is 0 Å². The maximum Gasteiger partial charge on any atom is 0.225 e. The predicted molar refractivity (Wildman–Crippen MR) is 69.2 cm³/mol. The van der Waals surface area contributed by atoms with Crippen molar-refractivity contribution in [1.82, 2.24) is 9.97 Å². The molecule has 6 heteroatoms. The molecule has 0 atom stereocenters. The fourth-order valence-electron chi connectivity index (χ4n) is 1.75. The Bertz CT molecular complexity index is 553. The maximum atomic E-state index is 12.4. The fraction of sp³-hybridized carbons (Fsp3) is 0.417. The van der Waals surface area contributed by atoms with Crippen LogP contribution in [0.5, 0.6) is 0 Å². The van der Waals surface area contributed by atoms with Gasteiger partial charge in [0.1, 0.15) is 11.6 Å². The maximum absolute atomic E-state index is 12.4. The van der Waals surface area contributed by atoms with E-state index < -0.39 is 0 Å². The van der Waals surface area contributed by atoms with Gasteiger partial charge in [-0.2, -0.15) is 4.57 Å². The monoisotopic (exact) mass is 266 g/mol. The summed E-state index contributed by atoms with van der Waals surface area (Å²) < 4.78 is 14.4. The first kappa shape index (κ1) is 12.9. The number of hydrogen-bond acceptors (Lipinski definition) is 4. The van der Waals surface area contributed by atoms with E-state index in [1.54, 1.807) is 17.5 Å². The number of aryl methyl sites for hydroxylation is 2. The highest BCUT2D eigenvalue weighted by molar-refractivity contribution is 7.09. The summed E-state index contributed by atoms with van der Waals surface area (Å²) >= 11 is 1.57. The van der Waals surface area contributed by atoms with Crippen LogP contribution in [0.15, 0.2) is 11.7 Å². The molecule has 2 N–H and O–H groups in total. The minimum absolute atomic E-state index is 0.322. The van der Waals surface area contributed by atoms with Gasteiger partial charge in [-0.1, -0.05) is 11.3 Å². The number of nitrogens with two attached hydrogens (primary N) is 1. The number of hydrogen-bond donors (Lipinski definition) is 1. The lowest BCUT2D eigenvalue weighted by Crippen LogP contribution is -2.35. The van der Waals surface area contributed by atoms with Crippen molar-refractivity contribution in [2.24, 2.45) is 0 Å². The number of anilines is 1. The van der Waals surface area contributed by atoms with Gasteiger partial charge in [-0.25, -0.2) is 9.97 Å². The Kier molecular flexibility index (Phi) is 3.86. The van der Waals surface area contributed by atoms with E-state index in [4.69, 9.17) is 5.73 Å². The summed E-state index contributed by atoms with van der Waals surface area (Å²) in [7, 11) is 0. The minimum Gasteiger partial charge on any atom is -0.383 e. The Morgan fingerprint density at radius 2 is 2.22 bits per heavy atom. The lowest BCUT2D eigenvalue weighted by molar-refractivity contribution is -0.689. The molecular weight excluding hydrogens is 250 g/mol. The topological polar surface area (TPSA) is 55.7 Å². The molecule has 96 valence electrons. The van der Waals surface area contributed by atoms with E-state index in [1.165, 1.54) is 0 Å². The standard InChI is InChI=1S/C12H16FN4S/c1-8-11(3-4-13)18-7-17(8)6-10-5-15-9(2)16-12(10)14/h5,7H,3-4,6H2,1-2H3,(H2,14,15,16)/q+1/i13-1. The first-order chi connectivity index (χ1) is 8.61. The quantitative estimate of drug-likeness (QED) is 0.855. The van der Waals surface area contributed by atoms with Crippen molar-refractivity contribution in [2.75, 3.05) is 12.4 Å². The summed E-state index contributed by atoms with van der Waals surface area (Å²) in [6.45, 7) is 4.10. The molecule has 0 aliphatic carbocycles. The van der Waals surface area contributed by atoms with Crippen LogP contribution in [-0.2, 0) is 13.0 Å². The Hall–Kier alpha value is -1.56. The number of aromatic nitrogens is 3. The van der Waals surface area contributed by atoms with E-state index in [1.807, 2.05) is 19.4 Å². The molecule has 0 radical (unpaired) electrons. The Morgan fingerprint density at radius 1 is 1.44 bits per heavy atom. The molecular formula is C12H16FN4S+. The highest BCUT2D eigenvalue weighted by atomic mass is 32.1. The second-order valence-electron chi connectivity index (χ2n) is 4.13. The van der Waals surface area contributed by atoms with Crippen LogP contribution in [0.3, 0.4) is 0 Å². The van der Waals surface area contributed by atoms with Gasteiger partial charge >= 0.3 is 0 Å². The van der Waals surface area contributed by atoms with Crippen molar-refractivity contribution >= 4 is 17.2 Å². The van der Waals surface area contributed by atoms with E-state index >= 15 is 0 Å². The fourth-order valence-corrected chi connectivity index (χ4v) is 2.72. The Balaban J connectivity index is 2.23. The van der Waals surface area contributed by atoms with Crippen LogP contribution in [0.25, 0.3) is 0 Å². The molecule has 2 aromatic heterocycles. The number of nitrogens with zero attached hydrogens (tertiary/aromatic N) is 3.